The highest BCUT2D eigenvalue weighted by Gasteiger charge is 2.16. The molecule has 0 aliphatic heterocycles. The van der Waals surface area contributed by atoms with Crippen LogP contribution < -0.4 is 0 Å². The Bertz CT molecular complexity index is 400. The van der Waals surface area contributed by atoms with Crippen LogP contribution in [0.4, 0.5) is 8.78 Å². The highest BCUT2D eigenvalue weighted by Crippen LogP contribution is 2.26. The second-order valence-electron chi connectivity index (χ2n) is 2.68. The molecule has 0 aliphatic rings. The minimum atomic E-state index is -2.70. The molecule has 0 fully saturated rings. The number of carbonyl (C=O) groups is 1. The number of rotatable bonds is 3. The van der Waals surface area contributed by atoms with Gasteiger partial charge in [-0.05, 0) is 50.2 Å². The van der Waals surface area contributed by atoms with Gasteiger partial charge in [0.15, 0.2) is 0 Å². The quantitative estimate of drug-likeness (QED) is 0.636. The van der Waals surface area contributed by atoms with Crippen molar-refractivity contribution in [2.75, 3.05) is 0 Å². The number of halogens is 4. The van der Waals surface area contributed by atoms with Gasteiger partial charge in [0.05, 0.1) is 6.42 Å². The molecule has 0 bridgehead atoms. The lowest BCUT2D eigenvalue weighted by atomic mass is 10.2. The summed E-state index contributed by atoms with van der Waals surface area (Å²) in [6, 6.07) is 1.12. The van der Waals surface area contributed by atoms with Gasteiger partial charge in [0.25, 0.3) is 6.43 Å². The lowest BCUT2D eigenvalue weighted by Crippen LogP contribution is -2.05. The fourth-order valence-electron chi connectivity index (χ4n) is 0.972. The maximum absolute atomic E-state index is 12.4. The van der Waals surface area contributed by atoms with E-state index in [1.165, 1.54) is 0 Å². The summed E-state index contributed by atoms with van der Waals surface area (Å²) in [6.07, 6.45) is -3.00. The summed E-state index contributed by atoms with van der Waals surface area (Å²) in [4.78, 5) is 14.1. The van der Waals surface area contributed by atoms with Gasteiger partial charge < -0.3 is 5.11 Å². The molecule has 1 aromatic heterocycles. The highest BCUT2D eigenvalue weighted by molar-refractivity contribution is 14.1. The second kappa shape index (κ2) is 5.15. The van der Waals surface area contributed by atoms with Gasteiger partial charge in [-0.25, -0.2) is 13.8 Å². The molecule has 1 N–H and O–H groups in total. The van der Waals surface area contributed by atoms with Crippen LogP contribution in [0.2, 0.25) is 0 Å². The van der Waals surface area contributed by atoms with Crippen molar-refractivity contribution >= 4 is 44.5 Å². The van der Waals surface area contributed by atoms with Crippen LogP contribution in [0.1, 0.15) is 17.7 Å². The minimum Gasteiger partial charge on any atom is -0.481 e. The predicted octanol–water partition coefficient (Wildman–Crippen LogP) is 3.01. The zero-order valence-corrected chi connectivity index (χ0v) is 10.9. The van der Waals surface area contributed by atoms with E-state index in [-0.39, 0.29) is 11.0 Å². The molecule has 1 rings (SSSR count). The van der Waals surface area contributed by atoms with E-state index < -0.39 is 18.1 Å². The number of carboxylic acid groups (broad SMARTS) is 1. The zero-order valence-electron chi connectivity index (χ0n) is 7.18. The summed E-state index contributed by atoms with van der Waals surface area (Å²) < 4.78 is 25.5. The van der Waals surface area contributed by atoms with E-state index in [0.717, 1.165) is 6.07 Å². The van der Waals surface area contributed by atoms with Gasteiger partial charge in [-0.2, -0.15) is 0 Å². The molecule has 1 aromatic rings. The Morgan fingerprint density at radius 3 is 2.73 bits per heavy atom. The van der Waals surface area contributed by atoms with Crippen LogP contribution in [0.15, 0.2) is 10.7 Å². The second-order valence-corrected chi connectivity index (χ2v) is 4.51. The summed E-state index contributed by atoms with van der Waals surface area (Å²) in [5.41, 5.74) is -0.0844. The Labute approximate surface area is 106 Å². The normalized spacial score (nSPS) is 10.7. The van der Waals surface area contributed by atoms with E-state index in [9.17, 15) is 13.6 Å². The minimum absolute atomic E-state index is 0.247. The van der Waals surface area contributed by atoms with Crippen LogP contribution in [-0.4, -0.2) is 16.1 Å². The smallest absolute Gasteiger partial charge is 0.307 e. The molecule has 82 valence electrons. The van der Waals surface area contributed by atoms with Crippen molar-refractivity contribution in [2.24, 2.45) is 0 Å². The van der Waals surface area contributed by atoms with Gasteiger partial charge in [-0.3, -0.25) is 4.79 Å². The van der Waals surface area contributed by atoms with E-state index in [1.54, 1.807) is 0 Å². The maximum atomic E-state index is 12.4. The van der Waals surface area contributed by atoms with Gasteiger partial charge >= 0.3 is 5.97 Å². The lowest BCUT2D eigenvalue weighted by Gasteiger charge is -2.06. The van der Waals surface area contributed by atoms with Crippen LogP contribution in [-0.2, 0) is 11.2 Å². The summed E-state index contributed by atoms with van der Waals surface area (Å²) in [6.45, 7) is 0. The van der Waals surface area contributed by atoms with Gasteiger partial charge in [0.1, 0.15) is 10.3 Å². The number of aliphatic carboxylic acids is 1. The van der Waals surface area contributed by atoms with Gasteiger partial charge in [-0.15, -0.1) is 0 Å². The highest BCUT2D eigenvalue weighted by atomic mass is 127. The van der Waals surface area contributed by atoms with Crippen molar-refractivity contribution in [1.29, 1.82) is 0 Å². The van der Waals surface area contributed by atoms with Crippen LogP contribution in [0.5, 0.6) is 0 Å². The first-order valence-corrected chi connectivity index (χ1v) is 5.63. The number of nitrogens with zero attached hydrogens (tertiary/aromatic N) is 1. The molecule has 0 amide bonds. The van der Waals surface area contributed by atoms with Crippen molar-refractivity contribution in [3.8, 4) is 0 Å². The molecule has 15 heavy (non-hydrogen) atoms. The molecule has 3 nitrogen and oxygen atoms in total. The van der Waals surface area contributed by atoms with Crippen molar-refractivity contribution in [3.63, 3.8) is 0 Å². The molecular formula is C8H5BrF2INO2. The molecule has 0 aromatic carbocycles. The molecule has 0 aliphatic carbocycles. The Morgan fingerprint density at radius 2 is 2.27 bits per heavy atom. The maximum Gasteiger partial charge on any atom is 0.307 e. The van der Waals surface area contributed by atoms with Crippen molar-refractivity contribution < 1.29 is 18.7 Å². The first kappa shape index (κ1) is 12.8. The zero-order chi connectivity index (χ0) is 11.6. The molecule has 0 unspecified atom stereocenters. The molecule has 0 atom stereocenters. The van der Waals surface area contributed by atoms with Crippen molar-refractivity contribution in [1.82, 2.24) is 4.98 Å². The Hall–Kier alpha value is -0.310. The lowest BCUT2D eigenvalue weighted by molar-refractivity contribution is -0.136. The summed E-state index contributed by atoms with van der Waals surface area (Å²) >= 11 is 4.87. The first-order valence-electron chi connectivity index (χ1n) is 3.76. The van der Waals surface area contributed by atoms with E-state index >= 15 is 0 Å². The number of hydrogen-bond donors (Lipinski definition) is 1. The average molecular weight is 392 g/mol. The summed E-state index contributed by atoms with van der Waals surface area (Å²) in [7, 11) is 0. The topological polar surface area (TPSA) is 50.2 Å². The van der Waals surface area contributed by atoms with Crippen molar-refractivity contribution in [2.45, 2.75) is 12.8 Å². The average Bonchev–Trinajstić information content (AvgIpc) is 2.11. The molecule has 1 heterocycles. The largest absolute Gasteiger partial charge is 0.481 e. The first-order chi connectivity index (χ1) is 6.91. The fraction of sp³-hybridized carbons (Fsp3) is 0.250. The number of hydrogen-bond acceptors (Lipinski definition) is 2. The van der Waals surface area contributed by atoms with E-state index in [0.29, 0.717) is 9.13 Å². The monoisotopic (exact) mass is 391 g/mol. The Balaban J connectivity index is 3.18. The third-order valence-electron chi connectivity index (χ3n) is 1.58. The van der Waals surface area contributed by atoms with Crippen LogP contribution in [0.25, 0.3) is 0 Å². The number of aromatic nitrogens is 1. The van der Waals surface area contributed by atoms with E-state index in [1.807, 2.05) is 22.6 Å². The van der Waals surface area contributed by atoms with Crippen molar-refractivity contribution in [3.05, 3.63) is 25.5 Å². The number of alkyl halides is 2. The van der Waals surface area contributed by atoms with E-state index in [2.05, 4.69) is 20.9 Å². The SMILES string of the molecule is O=C(O)Cc1cc(C(F)F)nc(Br)c1I. The summed E-state index contributed by atoms with van der Waals surface area (Å²) in [5.74, 6) is -1.06. The fourth-order valence-corrected chi connectivity index (χ4v) is 1.90. The molecule has 7 heteroatoms. The van der Waals surface area contributed by atoms with Crippen LogP contribution in [0, 0.1) is 3.57 Å². The molecule has 0 saturated carbocycles. The van der Waals surface area contributed by atoms with Gasteiger partial charge in [0, 0.05) is 3.57 Å². The third-order valence-corrected chi connectivity index (χ3v) is 4.10. The molecule has 0 saturated heterocycles. The van der Waals surface area contributed by atoms with E-state index in [4.69, 9.17) is 5.11 Å². The Kier molecular flexibility index (Phi) is 4.38. The molecular weight excluding hydrogens is 387 g/mol. The predicted molar refractivity (Wildman–Crippen MR) is 61.0 cm³/mol. The van der Waals surface area contributed by atoms with Crippen LogP contribution >= 0.6 is 38.5 Å². The standard InChI is InChI=1S/C8H5BrF2INO2/c9-7-6(12)3(2-5(14)15)1-4(13-7)8(10)11/h1,8H,2H2,(H,14,15). The Morgan fingerprint density at radius 1 is 1.67 bits per heavy atom. The molecule has 0 radical (unpaired) electrons. The van der Waals surface area contributed by atoms with Gasteiger partial charge in [-0.1, -0.05) is 0 Å². The number of pyridine rings is 1. The third kappa shape index (κ3) is 3.33. The number of carboxylic acids is 1. The molecule has 0 spiro atoms. The summed E-state index contributed by atoms with van der Waals surface area (Å²) in [5, 5.41) is 8.59. The van der Waals surface area contributed by atoms with Gasteiger partial charge in [0.2, 0.25) is 0 Å². The van der Waals surface area contributed by atoms with Crippen LogP contribution in [0.3, 0.4) is 0 Å².